The molecule has 0 saturated carbocycles. The summed E-state index contributed by atoms with van der Waals surface area (Å²) < 4.78 is 5.79. The van der Waals surface area contributed by atoms with E-state index in [0.29, 0.717) is 28.9 Å². The standard InChI is InChI=1S/C15H14N4O3S/c1-19(2)15-16-6-10(7-17-15)14-18-11(5-12(20)21)13(22-14)9-3-4-23-8-9/h3-4,6-8H,5H2,1-2H3,(H,20,21). The number of nitrogens with zero attached hydrogens (tertiary/aromatic N) is 4. The second kappa shape index (κ2) is 6.17. The van der Waals surface area contributed by atoms with Crippen LogP contribution in [0, 0.1) is 0 Å². The Morgan fingerprint density at radius 3 is 2.61 bits per heavy atom. The molecule has 7 nitrogen and oxygen atoms in total. The number of carbonyl (C=O) groups is 1. The van der Waals surface area contributed by atoms with Crippen LogP contribution in [0.5, 0.6) is 0 Å². The van der Waals surface area contributed by atoms with Crippen LogP contribution in [0.25, 0.3) is 22.8 Å². The zero-order valence-corrected chi connectivity index (χ0v) is 13.4. The van der Waals surface area contributed by atoms with Crippen LogP contribution in [0.15, 0.2) is 33.6 Å². The molecule has 0 fully saturated rings. The number of carboxylic acid groups (broad SMARTS) is 1. The number of hydrogen-bond donors (Lipinski definition) is 1. The first kappa shape index (κ1) is 15.2. The van der Waals surface area contributed by atoms with Crippen molar-refractivity contribution < 1.29 is 14.3 Å². The van der Waals surface area contributed by atoms with Gasteiger partial charge < -0.3 is 14.4 Å². The van der Waals surface area contributed by atoms with E-state index in [0.717, 1.165) is 5.56 Å². The maximum absolute atomic E-state index is 11.0. The molecule has 8 heteroatoms. The van der Waals surface area contributed by atoms with Gasteiger partial charge in [0.1, 0.15) is 0 Å². The lowest BCUT2D eigenvalue weighted by Crippen LogP contribution is -2.12. The lowest BCUT2D eigenvalue weighted by atomic mass is 10.2. The van der Waals surface area contributed by atoms with E-state index < -0.39 is 5.97 Å². The van der Waals surface area contributed by atoms with Crippen LogP contribution in [-0.4, -0.2) is 40.1 Å². The summed E-state index contributed by atoms with van der Waals surface area (Å²) in [6.45, 7) is 0. The maximum atomic E-state index is 11.0. The van der Waals surface area contributed by atoms with Gasteiger partial charge in [0.15, 0.2) is 5.76 Å². The molecular weight excluding hydrogens is 316 g/mol. The highest BCUT2D eigenvalue weighted by Gasteiger charge is 2.19. The predicted molar refractivity (Wildman–Crippen MR) is 86.5 cm³/mol. The van der Waals surface area contributed by atoms with E-state index in [2.05, 4.69) is 15.0 Å². The molecule has 0 unspecified atom stereocenters. The molecule has 0 radical (unpaired) electrons. The van der Waals surface area contributed by atoms with E-state index >= 15 is 0 Å². The second-order valence-corrected chi connectivity index (χ2v) is 5.82. The normalized spacial score (nSPS) is 10.7. The highest BCUT2D eigenvalue weighted by Crippen LogP contribution is 2.31. The molecule has 3 heterocycles. The van der Waals surface area contributed by atoms with E-state index in [1.807, 2.05) is 30.9 Å². The molecular formula is C15H14N4O3S. The summed E-state index contributed by atoms with van der Waals surface area (Å²) in [5.74, 6) is 0.401. The Morgan fingerprint density at radius 2 is 2.04 bits per heavy atom. The van der Waals surface area contributed by atoms with Crippen molar-refractivity contribution in [2.24, 2.45) is 0 Å². The molecule has 0 aliphatic carbocycles. The number of carboxylic acids is 1. The fourth-order valence-corrected chi connectivity index (χ4v) is 2.66. The van der Waals surface area contributed by atoms with Crippen molar-refractivity contribution in [2.75, 3.05) is 19.0 Å². The van der Waals surface area contributed by atoms with Crippen LogP contribution in [0.1, 0.15) is 5.69 Å². The third kappa shape index (κ3) is 3.21. The zero-order chi connectivity index (χ0) is 16.4. The Labute approximate surface area is 136 Å². The molecule has 23 heavy (non-hydrogen) atoms. The topological polar surface area (TPSA) is 92.4 Å². The van der Waals surface area contributed by atoms with Crippen LogP contribution < -0.4 is 4.90 Å². The van der Waals surface area contributed by atoms with E-state index in [1.54, 1.807) is 17.3 Å². The van der Waals surface area contributed by atoms with Gasteiger partial charge in [-0.2, -0.15) is 11.3 Å². The molecule has 3 rings (SSSR count). The minimum atomic E-state index is -0.958. The first-order valence-corrected chi connectivity index (χ1v) is 7.72. The Morgan fingerprint density at radius 1 is 1.30 bits per heavy atom. The summed E-state index contributed by atoms with van der Waals surface area (Å²) in [7, 11) is 3.69. The van der Waals surface area contributed by atoms with Gasteiger partial charge in [0.25, 0.3) is 0 Å². The average Bonchev–Trinajstić information content (AvgIpc) is 3.16. The van der Waals surface area contributed by atoms with Gasteiger partial charge in [-0.1, -0.05) is 0 Å². The van der Waals surface area contributed by atoms with Gasteiger partial charge in [-0.25, -0.2) is 15.0 Å². The highest BCUT2D eigenvalue weighted by molar-refractivity contribution is 7.08. The Kier molecular flexibility index (Phi) is 4.07. The Hall–Kier alpha value is -2.74. The second-order valence-electron chi connectivity index (χ2n) is 5.04. The summed E-state index contributed by atoms with van der Waals surface area (Å²) >= 11 is 1.51. The molecule has 0 bridgehead atoms. The molecule has 3 aromatic heterocycles. The van der Waals surface area contributed by atoms with Crippen LogP contribution in [0.4, 0.5) is 5.95 Å². The molecule has 0 amide bonds. The van der Waals surface area contributed by atoms with E-state index in [1.165, 1.54) is 11.3 Å². The minimum absolute atomic E-state index is 0.203. The number of anilines is 1. The molecule has 0 atom stereocenters. The van der Waals surface area contributed by atoms with Crippen LogP contribution in [-0.2, 0) is 11.2 Å². The zero-order valence-electron chi connectivity index (χ0n) is 12.6. The van der Waals surface area contributed by atoms with Crippen molar-refractivity contribution in [3.8, 4) is 22.8 Å². The van der Waals surface area contributed by atoms with Gasteiger partial charge in [-0.05, 0) is 11.4 Å². The maximum Gasteiger partial charge on any atom is 0.309 e. The highest BCUT2D eigenvalue weighted by atomic mass is 32.1. The summed E-state index contributed by atoms with van der Waals surface area (Å²) in [5.41, 5.74) is 1.81. The van der Waals surface area contributed by atoms with Gasteiger partial charge in [0.2, 0.25) is 11.8 Å². The van der Waals surface area contributed by atoms with Crippen molar-refractivity contribution >= 4 is 23.3 Å². The quantitative estimate of drug-likeness (QED) is 0.768. The average molecular weight is 330 g/mol. The van der Waals surface area contributed by atoms with E-state index in [4.69, 9.17) is 9.52 Å². The Balaban J connectivity index is 2.01. The third-order valence-electron chi connectivity index (χ3n) is 3.08. The predicted octanol–water partition coefficient (Wildman–Crippen LogP) is 2.55. The Bertz CT molecular complexity index is 810. The largest absolute Gasteiger partial charge is 0.481 e. The lowest BCUT2D eigenvalue weighted by molar-refractivity contribution is -0.136. The molecule has 118 valence electrons. The van der Waals surface area contributed by atoms with Gasteiger partial charge in [0, 0.05) is 37.4 Å². The summed E-state index contributed by atoms with van der Waals surface area (Å²) in [4.78, 5) is 25.6. The third-order valence-corrected chi connectivity index (χ3v) is 3.77. The van der Waals surface area contributed by atoms with Crippen molar-refractivity contribution in [3.63, 3.8) is 0 Å². The van der Waals surface area contributed by atoms with E-state index in [-0.39, 0.29) is 6.42 Å². The number of oxazole rings is 1. The molecule has 1 N–H and O–H groups in total. The van der Waals surface area contributed by atoms with Crippen molar-refractivity contribution in [2.45, 2.75) is 6.42 Å². The fourth-order valence-electron chi connectivity index (χ4n) is 2.02. The summed E-state index contributed by atoms with van der Waals surface area (Å²) in [6.07, 6.45) is 3.01. The van der Waals surface area contributed by atoms with Crippen LogP contribution in [0.3, 0.4) is 0 Å². The number of rotatable bonds is 5. The number of aliphatic carboxylic acids is 1. The summed E-state index contributed by atoms with van der Waals surface area (Å²) in [5, 5.41) is 12.8. The van der Waals surface area contributed by atoms with Crippen molar-refractivity contribution in [3.05, 3.63) is 34.9 Å². The molecule has 0 spiro atoms. The van der Waals surface area contributed by atoms with Gasteiger partial charge in [-0.3, -0.25) is 4.79 Å². The molecule has 0 aromatic carbocycles. The molecule has 0 saturated heterocycles. The first-order chi connectivity index (χ1) is 11.0. The molecule has 0 aliphatic heterocycles. The summed E-state index contributed by atoms with van der Waals surface area (Å²) in [6, 6.07) is 1.87. The molecule has 3 aromatic rings. The van der Waals surface area contributed by atoms with Crippen LogP contribution >= 0.6 is 11.3 Å². The van der Waals surface area contributed by atoms with Crippen LogP contribution in [0.2, 0.25) is 0 Å². The van der Waals surface area contributed by atoms with Gasteiger partial charge >= 0.3 is 5.97 Å². The van der Waals surface area contributed by atoms with Crippen molar-refractivity contribution in [1.29, 1.82) is 0 Å². The van der Waals surface area contributed by atoms with Gasteiger partial charge in [0.05, 0.1) is 17.7 Å². The number of aromatic nitrogens is 3. The lowest BCUT2D eigenvalue weighted by Gasteiger charge is -2.08. The fraction of sp³-hybridized carbons (Fsp3) is 0.200. The SMILES string of the molecule is CN(C)c1ncc(-c2nc(CC(=O)O)c(-c3ccsc3)o2)cn1. The van der Waals surface area contributed by atoms with Gasteiger partial charge in [-0.15, -0.1) is 0 Å². The number of hydrogen-bond acceptors (Lipinski definition) is 7. The smallest absolute Gasteiger partial charge is 0.309 e. The molecule has 0 aliphatic rings. The minimum Gasteiger partial charge on any atom is -0.481 e. The number of thiophene rings is 1. The van der Waals surface area contributed by atoms with Crippen molar-refractivity contribution in [1.82, 2.24) is 15.0 Å². The van der Waals surface area contributed by atoms with E-state index in [9.17, 15) is 4.79 Å². The monoisotopic (exact) mass is 330 g/mol. The first-order valence-electron chi connectivity index (χ1n) is 6.78.